The van der Waals surface area contributed by atoms with Gasteiger partial charge < -0.3 is 0 Å². The quantitative estimate of drug-likeness (QED) is 0.553. The Hall–Kier alpha value is -0.720. The minimum Gasteiger partial charge on any atom is -0.249 e. The summed E-state index contributed by atoms with van der Waals surface area (Å²) >= 11 is 7.02. The van der Waals surface area contributed by atoms with Crippen molar-refractivity contribution in [1.82, 2.24) is 4.98 Å². The fraction of sp³-hybridized carbons (Fsp3) is 0.250. The first-order valence-corrected chi connectivity index (χ1v) is 4.94. The molecular weight excluding hydrogens is 192 g/mol. The van der Waals surface area contributed by atoms with Gasteiger partial charge in [-0.15, -0.1) is 23.4 Å². The van der Waals surface area contributed by atoms with E-state index in [1.54, 1.807) is 18.3 Å². The van der Waals surface area contributed by atoms with E-state index in [1.165, 1.54) is 11.8 Å². The van der Waals surface area contributed by atoms with Gasteiger partial charge in [-0.2, -0.15) is 5.26 Å². The highest BCUT2D eigenvalue weighted by atomic mass is 35.5. The van der Waals surface area contributed by atoms with E-state index in [9.17, 15) is 0 Å². The van der Waals surface area contributed by atoms with Gasteiger partial charge in [-0.1, -0.05) is 0 Å². The average Bonchev–Trinajstić information content (AvgIpc) is 2.15. The van der Waals surface area contributed by atoms with Gasteiger partial charge in [-0.3, -0.25) is 0 Å². The zero-order valence-electron chi connectivity index (χ0n) is 6.33. The largest absolute Gasteiger partial charge is 0.249 e. The van der Waals surface area contributed by atoms with Crippen LogP contribution in [0.25, 0.3) is 0 Å². The van der Waals surface area contributed by atoms with Crippen molar-refractivity contribution in [3.8, 4) is 6.07 Å². The van der Waals surface area contributed by atoms with E-state index < -0.39 is 0 Å². The third-order valence-electron chi connectivity index (χ3n) is 1.21. The summed E-state index contributed by atoms with van der Waals surface area (Å²) in [5.41, 5.74) is 0.618. The number of nitriles is 1. The summed E-state index contributed by atoms with van der Waals surface area (Å²) in [6, 6.07) is 5.58. The number of pyridine rings is 1. The third-order valence-corrected chi connectivity index (χ3v) is 2.63. The fourth-order valence-electron chi connectivity index (χ4n) is 0.726. The molecule has 0 amide bonds. The topological polar surface area (TPSA) is 36.7 Å². The highest BCUT2D eigenvalue weighted by Crippen LogP contribution is 2.18. The lowest BCUT2D eigenvalue weighted by Crippen LogP contribution is -1.87. The SMILES string of the molecule is N#Cc1cccnc1SCCCl. The maximum absolute atomic E-state index is 8.68. The van der Waals surface area contributed by atoms with Crippen LogP contribution in [0.2, 0.25) is 0 Å². The lowest BCUT2D eigenvalue weighted by molar-refractivity contribution is 1.11. The molecule has 0 aliphatic rings. The Labute approximate surface area is 80.6 Å². The predicted octanol–water partition coefficient (Wildman–Crippen LogP) is 2.28. The van der Waals surface area contributed by atoms with Crippen LogP contribution in [0.5, 0.6) is 0 Å². The van der Waals surface area contributed by atoms with Crippen LogP contribution in [-0.4, -0.2) is 16.6 Å². The zero-order chi connectivity index (χ0) is 8.81. The number of aromatic nitrogens is 1. The second-order valence-corrected chi connectivity index (χ2v) is 3.47. The van der Waals surface area contributed by atoms with Crippen molar-refractivity contribution in [3.63, 3.8) is 0 Å². The minimum absolute atomic E-state index is 0.576. The number of rotatable bonds is 3. The molecule has 1 aromatic heterocycles. The normalized spacial score (nSPS) is 9.33. The van der Waals surface area contributed by atoms with Crippen molar-refractivity contribution >= 4 is 23.4 Å². The van der Waals surface area contributed by atoms with Crippen molar-refractivity contribution < 1.29 is 0 Å². The van der Waals surface area contributed by atoms with Gasteiger partial charge in [0.25, 0.3) is 0 Å². The summed E-state index contributed by atoms with van der Waals surface area (Å²) < 4.78 is 0. The van der Waals surface area contributed by atoms with E-state index in [1.807, 2.05) is 0 Å². The summed E-state index contributed by atoms with van der Waals surface area (Å²) in [5.74, 6) is 1.36. The van der Waals surface area contributed by atoms with E-state index in [2.05, 4.69) is 11.1 Å². The van der Waals surface area contributed by atoms with Crippen LogP contribution >= 0.6 is 23.4 Å². The molecule has 0 aromatic carbocycles. The lowest BCUT2D eigenvalue weighted by atomic mass is 10.3. The van der Waals surface area contributed by atoms with Crippen LogP contribution in [-0.2, 0) is 0 Å². The minimum atomic E-state index is 0.576. The molecule has 12 heavy (non-hydrogen) atoms. The van der Waals surface area contributed by atoms with E-state index in [4.69, 9.17) is 16.9 Å². The van der Waals surface area contributed by atoms with Crippen LogP contribution in [0, 0.1) is 11.3 Å². The number of hydrogen-bond donors (Lipinski definition) is 0. The third kappa shape index (κ3) is 2.40. The van der Waals surface area contributed by atoms with Crippen molar-refractivity contribution in [2.45, 2.75) is 5.03 Å². The Morgan fingerprint density at radius 3 is 3.17 bits per heavy atom. The summed E-state index contributed by atoms with van der Waals surface area (Å²) in [5, 5.41) is 9.45. The standard InChI is InChI=1S/C8H7ClN2S/c9-3-5-12-8-7(6-10)2-1-4-11-8/h1-2,4H,3,5H2. The van der Waals surface area contributed by atoms with Gasteiger partial charge in [0.1, 0.15) is 11.1 Å². The highest BCUT2D eigenvalue weighted by molar-refractivity contribution is 7.99. The van der Waals surface area contributed by atoms with Crippen molar-refractivity contribution in [3.05, 3.63) is 23.9 Å². The summed E-state index contributed by atoms with van der Waals surface area (Å²) in [7, 11) is 0. The molecule has 0 N–H and O–H groups in total. The maximum atomic E-state index is 8.68. The zero-order valence-corrected chi connectivity index (χ0v) is 7.90. The van der Waals surface area contributed by atoms with E-state index in [-0.39, 0.29) is 0 Å². The van der Waals surface area contributed by atoms with Gasteiger partial charge >= 0.3 is 0 Å². The molecule has 0 unspecified atom stereocenters. The molecular formula is C8H7ClN2S. The molecule has 0 aliphatic heterocycles. The molecule has 0 fully saturated rings. The van der Waals surface area contributed by atoms with E-state index in [0.717, 1.165) is 10.8 Å². The van der Waals surface area contributed by atoms with E-state index >= 15 is 0 Å². The number of nitrogens with zero attached hydrogens (tertiary/aromatic N) is 2. The second-order valence-electron chi connectivity index (χ2n) is 2.01. The van der Waals surface area contributed by atoms with Crippen LogP contribution < -0.4 is 0 Å². The smallest absolute Gasteiger partial charge is 0.114 e. The van der Waals surface area contributed by atoms with Crippen LogP contribution in [0.4, 0.5) is 0 Å². The number of alkyl halides is 1. The molecule has 0 bridgehead atoms. The van der Waals surface area contributed by atoms with Gasteiger partial charge in [0.2, 0.25) is 0 Å². The molecule has 0 saturated carbocycles. The molecule has 0 aliphatic carbocycles. The Morgan fingerprint density at radius 1 is 1.67 bits per heavy atom. The first-order valence-electron chi connectivity index (χ1n) is 3.42. The lowest BCUT2D eigenvalue weighted by Gasteiger charge is -1.98. The van der Waals surface area contributed by atoms with Gasteiger partial charge in [-0.25, -0.2) is 4.98 Å². The van der Waals surface area contributed by atoms with Crippen LogP contribution in [0.3, 0.4) is 0 Å². The Kier molecular flexibility index (Phi) is 3.92. The van der Waals surface area contributed by atoms with Crippen molar-refractivity contribution in [1.29, 1.82) is 5.26 Å². The average molecular weight is 199 g/mol. The number of thioether (sulfide) groups is 1. The van der Waals surface area contributed by atoms with Crippen molar-refractivity contribution in [2.75, 3.05) is 11.6 Å². The number of hydrogen-bond acceptors (Lipinski definition) is 3. The predicted molar refractivity (Wildman–Crippen MR) is 50.4 cm³/mol. The molecule has 2 nitrogen and oxygen atoms in total. The van der Waals surface area contributed by atoms with Gasteiger partial charge in [-0.05, 0) is 12.1 Å². The van der Waals surface area contributed by atoms with E-state index in [0.29, 0.717) is 11.4 Å². The molecule has 1 aromatic rings. The number of halogens is 1. The fourth-order valence-corrected chi connectivity index (χ4v) is 1.63. The molecule has 0 saturated heterocycles. The molecule has 1 heterocycles. The van der Waals surface area contributed by atoms with Crippen LogP contribution in [0.15, 0.2) is 23.4 Å². The molecule has 1 rings (SSSR count). The van der Waals surface area contributed by atoms with Gasteiger partial charge in [0.05, 0.1) is 5.56 Å². The Balaban J connectivity index is 2.77. The molecule has 0 spiro atoms. The molecule has 0 radical (unpaired) electrons. The highest BCUT2D eigenvalue weighted by Gasteiger charge is 2.01. The summed E-state index contributed by atoms with van der Waals surface area (Å²) in [6.07, 6.45) is 1.68. The van der Waals surface area contributed by atoms with Gasteiger partial charge in [0, 0.05) is 17.8 Å². The monoisotopic (exact) mass is 198 g/mol. The molecule has 0 atom stereocenters. The summed E-state index contributed by atoms with van der Waals surface area (Å²) in [6.45, 7) is 0. The molecule has 4 heteroatoms. The first kappa shape index (κ1) is 9.37. The maximum Gasteiger partial charge on any atom is 0.114 e. The van der Waals surface area contributed by atoms with Crippen molar-refractivity contribution in [2.24, 2.45) is 0 Å². The second kappa shape index (κ2) is 5.02. The Morgan fingerprint density at radius 2 is 2.50 bits per heavy atom. The Bertz CT molecular complexity index is 295. The summed E-state index contributed by atoms with van der Waals surface area (Å²) in [4.78, 5) is 4.07. The molecule has 62 valence electrons. The first-order chi connectivity index (χ1) is 5.88. The van der Waals surface area contributed by atoms with Gasteiger partial charge in [0.15, 0.2) is 0 Å². The van der Waals surface area contributed by atoms with Crippen LogP contribution in [0.1, 0.15) is 5.56 Å².